The summed E-state index contributed by atoms with van der Waals surface area (Å²) in [6.45, 7) is 49.7. The predicted molar refractivity (Wildman–Crippen MR) is 516 cm³/mol. The predicted octanol–water partition coefficient (Wildman–Crippen LogP) is 34.1. The molecule has 8 heteroatoms. The first-order valence-corrected chi connectivity index (χ1v) is 53.6. The molecule has 0 saturated carbocycles. The Balaban J connectivity index is 2.39. The van der Waals surface area contributed by atoms with E-state index in [0.29, 0.717) is 36.5 Å². The molecule has 3 unspecified atom stereocenters. The molecule has 2 aliphatic rings. The van der Waals surface area contributed by atoms with Gasteiger partial charge in [-0.15, -0.1) is 0 Å². The van der Waals surface area contributed by atoms with Gasteiger partial charge in [-0.05, 0) is 156 Å². The summed E-state index contributed by atoms with van der Waals surface area (Å²) in [5.41, 5.74) is -2.98. The van der Waals surface area contributed by atoms with Gasteiger partial charge in [-0.25, -0.2) is 0 Å². The largest absolute Gasteiger partial charge is 0.387 e. The maximum atomic E-state index is 12.6. The molecule has 2 aliphatic heterocycles. The monoisotopic (exact) mass is 1670 g/mol. The third kappa shape index (κ3) is 56.8. The van der Waals surface area contributed by atoms with E-state index in [1.165, 1.54) is 295 Å². The standard InChI is InChI=1S/C110H218O8/c1-22-23-24-25-26-27-28-29-30-31-32-33-34-35-36-37-38-39-40-41-42-43-44-45-46-79-101(111)110(113,114)88-115-103-81-83-105(117-107(103,19)85-56-76-98(15)72-52-68-94(11)64-48-60-90(4)5)109(21,87-58-78-100(17)74-54-70-96(13)66-50-62-92(8)9)118-108(20,86-57-77-99(16)73-53-69-95(12)65-49-61-91(6)7)104-82-80-102(116-104)106(18,112)84-55-75-97(14)71-51-67-93(10)63-47-59-89(2)3/h89-105,111-114H,22-88H2,1-21H3/t93-,94-,95-,96-,97-,98-,99-,100-,101?,102-,103-,104-,105+,106?,107+,108?,109+/m1/s1. The number of aliphatic hydroxyl groups excluding tert-OH is 1. The highest BCUT2D eigenvalue weighted by molar-refractivity contribution is 5.03. The van der Waals surface area contributed by atoms with Crippen LogP contribution >= 0.6 is 0 Å². The van der Waals surface area contributed by atoms with Crippen molar-refractivity contribution in [3.05, 3.63) is 0 Å². The number of ether oxygens (including phenoxy) is 4. The molecule has 0 bridgehead atoms. The molecule has 0 spiro atoms. The Kier molecular flexibility index (Phi) is 65.4. The molecule has 706 valence electrons. The Morgan fingerprint density at radius 3 is 0.890 bits per heavy atom. The summed E-state index contributed by atoms with van der Waals surface area (Å²) in [4.78, 5) is 0. The smallest absolute Gasteiger partial charge is 0.213 e. The van der Waals surface area contributed by atoms with E-state index in [1.807, 2.05) is 0 Å². The minimum absolute atomic E-state index is 0.171. The van der Waals surface area contributed by atoms with Crippen molar-refractivity contribution in [3.8, 4) is 0 Å². The molecule has 0 aromatic rings. The number of hydrogen-bond donors (Lipinski definition) is 4. The Bertz CT molecular complexity index is 2230. The summed E-state index contributed by atoms with van der Waals surface area (Å²) in [5, 5.41) is 47.8. The van der Waals surface area contributed by atoms with Crippen LogP contribution < -0.4 is 0 Å². The van der Waals surface area contributed by atoms with Gasteiger partial charge in [0.1, 0.15) is 12.7 Å². The molecule has 0 radical (unpaired) electrons. The van der Waals surface area contributed by atoms with Gasteiger partial charge in [0.2, 0.25) is 5.79 Å². The zero-order valence-corrected chi connectivity index (χ0v) is 84.1. The van der Waals surface area contributed by atoms with Crippen molar-refractivity contribution in [1.82, 2.24) is 0 Å². The van der Waals surface area contributed by atoms with E-state index >= 15 is 0 Å². The number of hydrogen-bond acceptors (Lipinski definition) is 8. The summed E-state index contributed by atoms with van der Waals surface area (Å²) in [5.74, 6) is 6.35. The molecule has 2 rings (SSSR count). The molecule has 0 aromatic carbocycles. The fourth-order valence-electron chi connectivity index (χ4n) is 20.9. The first-order valence-electron chi connectivity index (χ1n) is 53.6. The lowest BCUT2D eigenvalue weighted by atomic mass is 9.78. The van der Waals surface area contributed by atoms with Gasteiger partial charge in [0.15, 0.2) is 0 Å². The molecule has 2 fully saturated rings. The number of unbranched alkanes of at least 4 members (excludes halogenated alkanes) is 24. The number of rotatable bonds is 83. The zero-order valence-electron chi connectivity index (χ0n) is 84.1. The Labute approximate surface area is 740 Å². The van der Waals surface area contributed by atoms with Crippen LogP contribution in [0.25, 0.3) is 0 Å². The Hall–Kier alpha value is -0.320. The lowest BCUT2D eigenvalue weighted by Crippen LogP contribution is -2.61. The van der Waals surface area contributed by atoms with Crippen molar-refractivity contribution >= 4 is 0 Å². The summed E-state index contributed by atoms with van der Waals surface area (Å²) < 4.78 is 30.5. The van der Waals surface area contributed by atoms with Gasteiger partial charge in [-0.3, -0.25) is 0 Å². The van der Waals surface area contributed by atoms with E-state index in [9.17, 15) is 20.4 Å². The van der Waals surface area contributed by atoms with Crippen molar-refractivity contribution in [2.45, 2.75) is 628 Å². The molecule has 0 aliphatic carbocycles. The van der Waals surface area contributed by atoms with Crippen molar-refractivity contribution in [2.75, 3.05) is 6.61 Å². The second kappa shape index (κ2) is 67.9. The number of aliphatic hydroxyl groups is 4. The van der Waals surface area contributed by atoms with Crippen LogP contribution in [-0.2, 0) is 18.9 Å². The maximum Gasteiger partial charge on any atom is 0.213 e. The highest BCUT2D eigenvalue weighted by atomic mass is 16.6. The highest BCUT2D eigenvalue weighted by Crippen LogP contribution is 2.48. The fraction of sp³-hybridized carbons (Fsp3) is 1.00. The molecule has 118 heavy (non-hydrogen) atoms. The topological polar surface area (TPSA) is 118 Å². The van der Waals surface area contributed by atoms with E-state index in [1.54, 1.807) is 0 Å². The Morgan fingerprint density at radius 2 is 0.568 bits per heavy atom. The van der Waals surface area contributed by atoms with E-state index < -0.39 is 40.4 Å². The summed E-state index contributed by atoms with van der Waals surface area (Å²) >= 11 is 0. The highest BCUT2D eigenvalue weighted by Gasteiger charge is 2.54. The van der Waals surface area contributed by atoms with Crippen LogP contribution in [0.15, 0.2) is 0 Å². The van der Waals surface area contributed by atoms with E-state index in [0.717, 1.165) is 163 Å². The molecule has 0 amide bonds. The summed E-state index contributed by atoms with van der Waals surface area (Å²) in [6, 6.07) is 0. The maximum absolute atomic E-state index is 12.6. The normalized spacial score (nSPS) is 21.6. The van der Waals surface area contributed by atoms with Gasteiger partial charge in [0.25, 0.3) is 0 Å². The SMILES string of the molecule is CCCCCCCCCCCCCCCCCCCCCCCCCCCC(O)C(O)(O)CO[C@@H]1CC[C@@H]([C@](C)(CCC[C@H](C)CCC[C@H](C)CCCC(C)C)OC(C)(CCC[C@H](C)CCC[C@H](C)CCCC(C)C)[C@H]2CC[C@H](C(C)(O)CCC[C@H](C)CCC[C@H](C)CCCC(C)C)O2)O[C@@]1(C)CCC[C@H](C)CCC[C@H](C)CCCC(C)C. The van der Waals surface area contributed by atoms with Crippen LogP contribution in [-0.4, -0.2) is 85.7 Å². The molecule has 4 N–H and O–H groups in total. The van der Waals surface area contributed by atoms with Crippen molar-refractivity contribution in [2.24, 2.45) is 71.0 Å². The van der Waals surface area contributed by atoms with E-state index in [4.69, 9.17) is 18.9 Å². The van der Waals surface area contributed by atoms with Crippen LogP contribution in [0.4, 0.5) is 0 Å². The van der Waals surface area contributed by atoms with Crippen LogP contribution in [0, 0.1) is 71.0 Å². The molecule has 2 saturated heterocycles. The van der Waals surface area contributed by atoms with Gasteiger partial charge in [0, 0.05) is 0 Å². The van der Waals surface area contributed by atoms with Crippen molar-refractivity contribution in [1.29, 1.82) is 0 Å². The van der Waals surface area contributed by atoms with Gasteiger partial charge >= 0.3 is 0 Å². The Morgan fingerprint density at radius 1 is 0.305 bits per heavy atom. The summed E-state index contributed by atoms with van der Waals surface area (Å²) in [7, 11) is 0. The van der Waals surface area contributed by atoms with Gasteiger partial charge < -0.3 is 39.4 Å². The third-order valence-corrected chi connectivity index (χ3v) is 29.9. The second-order valence-corrected chi connectivity index (χ2v) is 45.2. The average Bonchev–Trinajstić information content (AvgIpc) is 1.22. The quantitative estimate of drug-likeness (QED) is 0.0351. The van der Waals surface area contributed by atoms with E-state index in [2.05, 4.69) is 145 Å². The average molecular weight is 1670 g/mol. The van der Waals surface area contributed by atoms with Gasteiger partial charge in [-0.2, -0.15) is 0 Å². The molecular weight excluding hydrogens is 1450 g/mol. The lowest BCUT2D eigenvalue weighted by Gasteiger charge is -2.53. The molecule has 8 nitrogen and oxygen atoms in total. The first-order chi connectivity index (χ1) is 56.1. The molecule has 0 aromatic heterocycles. The minimum Gasteiger partial charge on any atom is -0.387 e. The first kappa shape index (κ1) is 114. The lowest BCUT2D eigenvalue weighted by molar-refractivity contribution is -0.304. The second-order valence-electron chi connectivity index (χ2n) is 45.2. The van der Waals surface area contributed by atoms with Gasteiger partial charge in [0.05, 0.1) is 46.8 Å². The van der Waals surface area contributed by atoms with Crippen LogP contribution in [0.2, 0.25) is 0 Å². The summed E-state index contributed by atoms with van der Waals surface area (Å²) in [6.07, 6.45) is 78.1. The molecule has 17 atom stereocenters. The zero-order chi connectivity index (χ0) is 87.5. The van der Waals surface area contributed by atoms with Crippen LogP contribution in [0.5, 0.6) is 0 Å². The van der Waals surface area contributed by atoms with Crippen molar-refractivity contribution < 1.29 is 39.4 Å². The van der Waals surface area contributed by atoms with Crippen molar-refractivity contribution in [3.63, 3.8) is 0 Å². The van der Waals surface area contributed by atoms with Crippen LogP contribution in [0.3, 0.4) is 0 Å². The fourth-order valence-corrected chi connectivity index (χ4v) is 20.9. The van der Waals surface area contributed by atoms with Gasteiger partial charge in [-0.1, -0.05) is 484 Å². The molecular formula is C110H218O8. The molecule has 2 heterocycles. The third-order valence-electron chi connectivity index (χ3n) is 29.9. The van der Waals surface area contributed by atoms with E-state index in [-0.39, 0.29) is 24.9 Å². The minimum atomic E-state index is -2.37. The van der Waals surface area contributed by atoms with Crippen LogP contribution in [0.1, 0.15) is 569 Å².